The van der Waals surface area contributed by atoms with E-state index in [2.05, 4.69) is 49.2 Å². The molecular formula is C18H28N2. The highest BCUT2D eigenvalue weighted by Gasteiger charge is 2.43. The van der Waals surface area contributed by atoms with Crippen LogP contribution in [0.25, 0.3) is 0 Å². The first-order chi connectivity index (χ1) is 9.66. The van der Waals surface area contributed by atoms with Crippen molar-refractivity contribution in [3.8, 4) is 0 Å². The molecule has 2 nitrogen and oxygen atoms in total. The fraction of sp³-hybridized carbons (Fsp3) is 0.667. The molecule has 2 heterocycles. The molecule has 1 fully saturated rings. The third kappa shape index (κ3) is 2.24. The van der Waals surface area contributed by atoms with Crippen LogP contribution < -0.4 is 10.2 Å². The molecule has 2 aliphatic rings. The van der Waals surface area contributed by atoms with Gasteiger partial charge in [0.1, 0.15) is 0 Å². The molecule has 2 aliphatic heterocycles. The highest BCUT2D eigenvalue weighted by molar-refractivity contribution is 5.64. The Balaban J connectivity index is 2.02. The summed E-state index contributed by atoms with van der Waals surface area (Å²) >= 11 is 0. The minimum atomic E-state index is 0.417. The van der Waals surface area contributed by atoms with E-state index in [0.29, 0.717) is 11.3 Å². The molecule has 20 heavy (non-hydrogen) atoms. The van der Waals surface area contributed by atoms with Crippen LogP contribution in [0.3, 0.4) is 0 Å². The number of piperidine rings is 1. The van der Waals surface area contributed by atoms with Crippen molar-refractivity contribution in [2.24, 2.45) is 0 Å². The number of nitrogens with one attached hydrogen (secondary N) is 1. The van der Waals surface area contributed by atoms with Crippen molar-refractivity contribution in [3.63, 3.8) is 0 Å². The van der Waals surface area contributed by atoms with Gasteiger partial charge in [0.15, 0.2) is 0 Å². The maximum atomic E-state index is 3.53. The molecular weight excluding hydrogens is 244 g/mol. The number of benzene rings is 1. The molecule has 0 amide bonds. The van der Waals surface area contributed by atoms with Crippen LogP contribution in [0.2, 0.25) is 0 Å². The lowest BCUT2D eigenvalue weighted by atomic mass is 9.74. The summed E-state index contributed by atoms with van der Waals surface area (Å²) in [6.45, 7) is 11.7. The van der Waals surface area contributed by atoms with E-state index in [9.17, 15) is 0 Å². The van der Waals surface area contributed by atoms with Crippen molar-refractivity contribution >= 4 is 5.69 Å². The second-order valence-corrected chi connectivity index (χ2v) is 6.88. The monoisotopic (exact) mass is 272 g/mol. The summed E-state index contributed by atoms with van der Waals surface area (Å²) in [4.78, 5) is 2.63. The Kier molecular flexibility index (Phi) is 3.76. The summed E-state index contributed by atoms with van der Waals surface area (Å²) < 4.78 is 0. The lowest BCUT2D eigenvalue weighted by molar-refractivity contribution is 0.325. The van der Waals surface area contributed by atoms with Crippen LogP contribution >= 0.6 is 0 Å². The largest absolute Gasteiger partial charge is 0.370 e. The average Bonchev–Trinajstić information content (AvgIpc) is 2.74. The highest BCUT2D eigenvalue weighted by Crippen LogP contribution is 2.46. The fourth-order valence-electron chi connectivity index (χ4n) is 3.95. The number of hydrogen-bond acceptors (Lipinski definition) is 2. The molecule has 2 heteroatoms. The van der Waals surface area contributed by atoms with Gasteiger partial charge in [-0.15, -0.1) is 0 Å². The van der Waals surface area contributed by atoms with Crippen LogP contribution in [-0.2, 0) is 5.41 Å². The van der Waals surface area contributed by atoms with Crippen LogP contribution in [0.4, 0.5) is 5.69 Å². The first kappa shape index (κ1) is 13.9. The molecule has 110 valence electrons. The lowest BCUT2D eigenvalue weighted by Crippen LogP contribution is -2.43. The summed E-state index contributed by atoms with van der Waals surface area (Å²) in [7, 11) is 0. The van der Waals surface area contributed by atoms with E-state index in [-0.39, 0.29) is 0 Å². The zero-order valence-corrected chi connectivity index (χ0v) is 13.2. The Bertz CT molecular complexity index is 472. The van der Waals surface area contributed by atoms with Gasteiger partial charge >= 0.3 is 0 Å². The molecule has 1 aromatic carbocycles. The zero-order valence-electron chi connectivity index (χ0n) is 13.2. The zero-order chi connectivity index (χ0) is 14.2. The predicted molar refractivity (Wildman–Crippen MR) is 86.8 cm³/mol. The third-order valence-corrected chi connectivity index (χ3v) is 5.15. The topological polar surface area (TPSA) is 15.3 Å². The van der Waals surface area contributed by atoms with Crippen molar-refractivity contribution in [1.29, 1.82) is 0 Å². The SMILES string of the molecule is CCCN1CC2(CCNCC2)c2cc(C(C)C)ccc21. The normalized spacial score (nSPS) is 20.7. The summed E-state index contributed by atoms with van der Waals surface area (Å²) in [5.41, 5.74) is 5.07. The van der Waals surface area contributed by atoms with E-state index in [0.717, 1.165) is 0 Å². The van der Waals surface area contributed by atoms with Gasteiger partial charge in [0.25, 0.3) is 0 Å². The molecule has 0 saturated carbocycles. The van der Waals surface area contributed by atoms with Gasteiger partial charge < -0.3 is 10.2 Å². The van der Waals surface area contributed by atoms with Crippen molar-refractivity contribution < 1.29 is 0 Å². The summed E-state index contributed by atoms with van der Waals surface area (Å²) in [6.07, 6.45) is 3.82. The molecule has 1 aromatic rings. The van der Waals surface area contributed by atoms with E-state index in [4.69, 9.17) is 0 Å². The molecule has 1 saturated heterocycles. The van der Waals surface area contributed by atoms with Gasteiger partial charge in [-0.05, 0) is 55.5 Å². The second kappa shape index (κ2) is 5.40. The molecule has 3 rings (SSSR count). The van der Waals surface area contributed by atoms with Gasteiger partial charge in [0, 0.05) is 24.2 Å². The van der Waals surface area contributed by atoms with Crippen molar-refractivity contribution in [2.75, 3.05) is 31.1 Å². The highest BCUT2D eigenvalue weighted by atomic mass is 15.2. The Hall–Kier alpha value is -1.02. The number of nitrogens with zero attached hydrogens (tertiary/aromatic N) is 1. The van der Waals surface area contributed by atoms with Gasteiger partial charge in [-0.1, -0.05) is 32.9 Å². The Morgan fingerprint density at radius 3 is 2.65 bits per heavy atom. The maximum absolute atomic E-state index is 3.53. The van der Waals surface area contributed by atoms with E-state index in [1.54, 1.807) is 5.56 Å². The van der Waals surface area contributed by atoms with E-state index >= 15 is 0 Å². The van der Waals surface area contributed by atoms with E-state index < -0.39 is 0 Å². The smallest absolute Gasteiger partial charge is 0.0405 e. The maximum Gasteiger partial charge on any atom is 0.0405 e. The molecule has 0 atom stereocenters. The average molecular weight is 272 g/mol. The standard InChI is InChI=1S/C18H28N2/c1-4-11-20-13-18(7-9-19-10-8-18)16-12-15(14(2)3)5-6-17(16)20/h5-6,12,14,19H,4,7-11,13H2,1-3H3. The number of rotatable bonds is 3. The first-order valence-corrected chi connectivity index (χ1v) is 8.26. The van der Waals surface area contributed by atoms with Gasteiger partial charge in [0.05, 0.1) is 0 Å². The van der Waals surface area contributed by atoms with Crippen LogP contribution in [0.5, 0.6) is 0 Å². The predicted octanol–water partition coefficient (Wildman–Crippen LogP) is 3.66. The molecule has 0 unspecified atom stereocenters. The van der Waals surface area contributed by atoms with Crippen LogP contribution in [0.15, 0.2) is 18.2 Å². The molecule has 0 aromatic heterocycles. The van der Waals surface area contributed by atoms with E-state index in [1.165, 1.54) is 56.7 Å². The number of hydrogen-bond donors (Lipinski definition) is 1. The van der Waals surface area contributed by atoms with Crippen LogP contribution in [-0.4, -0.2) is 26.2 Å². The third-order valence-electron chi connectivity index (χ3n) is 5.15. The van der Waals surface area contributed by atoms with Gasteiger partial charge in [-0.25, -0.2) is 0 Å². The number of fused-ring (bicyclic) bond motifs is 2. The Labute approximate surface area is 123 Å². The molecule has 1 N–H and O–H groups in total. The minimum Gasteiger partial charge on any atom is -0.370 e. The minimum absolute atomic E-state index is 0.417. The quantitative estimate of drug-likeness (QED) is 0.903. The van der Waals surface area contributed by atoms with Crippen LogP contribution in [0, 0.1) is 0 Å². The van der Waals surface area contributed by atoms with Gasteiger partial charge in [-0.2, -0.15) is 0 Å². The van der Waals surface area contributed by atoms with Crippen LogP contribution in [0.1, 0.15) is 57.1 Å². The summed E-state index contributed by atoms with van der Waals surface area (Å²) in [5, 5.41) is 3.53. The first-order valence-electron chi connectivity index (χ1n) is 8.26. The summed E-state index contributed by atoms with van der Waals surface area (Å²) in [6, 6.07) is 7.24. The molecule has 0 aliphatic carbocycles. The fourth-order valence-corrected chi connectivity index (χ4v) is 3.95. The molecule has 0 radical (unpaired) electrons. The summed E-state index contributed by atoms with van der Waals surface area (Å²) in [5.74, 6) is 0.624. The lowest BCUT2D eigenvalue weighted by Gasteiger charge is -2.35. The Morgan fingerprint density at radius 2 is 2.00 bits per heavy atom. The number of anilines is 1. The van der Waals surface area contributed by atoms with Gasteiger partial charge in [-0.3, -0.25) is 0 Å². The van der Waals surface area contributed by atoms with Gasteiger partial charge in [0.2, 0.25) is 0 Å². The molecule has 0 bridgehead atoms. The van der Waals surface area contributed by atoms with Crippen molar-refractivity contribution in [3.05, 3.63) is 29.3 Å². The van der Waals surface area contributed by atoms with E-state index in [1.807, 2.05) is 0 Å². The second-order valence-electron chi connectivity index (χ2n) is 6.88. The van der Waals surface area contributed by atoms with Crippen molar-refractivity contribution in [1.82, 2.24) is 5.32 Å². The Morgan fingerprint density at radius 1 is 1.25 bits per heavy atom. The van der Waals surface area contributed by atoms with Crippen molar-refractivity contribution in [2.45, 2.75) is 51.4 Å². The molecule has 1 spiro atoms.